The minimum Gasteiger partial charge on any atom is -0.478 e. The summed E-state index contributed by atoms with van der Waals surface area (Å²) in [6.45, 7) is 0. The summed E-state index contributed by atoms with van der Waals surface area (Å²) < 4.78 is 54.5. The Morgan fingerprint density at radius 1 is 1.06 bits per heavy atom. The summed E-state index contributed by atoms with van der Waals surface area (Å²) in [5.74, 6) is -3.15. The minimum absolute atomic E-state index is 0.0433. The fraction of sp³-hybridized carbons (Fsp3) is 0.0476. The van der Waals surface area contributed by atoms with Gasteiger partial charge in [0.05, 0.1) is 27.2 Å². The highest BCUT2D eigenvalue weighted by molar-refractivity contribution is 6.35. The van der Waals surface area contributed by atoms with Crippen LogP contribution in [0.5, 0.6) is 0 Å². The zero-order chi connectivity index (χ0) is 23.2. The van der Waals surface area contributed by atoms with Crippen molar-refractivity contribution in [1.29, 1.82) is 0 Å². The van der Waals surface area contributed by atoms with Gasteiger partial charge < -0.3 is 5.11 Å². The zero-order valence-electron chi connectivity index (χ0n) is 15.7. The van der Waals surface area contributed by atoms with Crippen LogP contribution in [0.15, 0.2) is 48.7 Å². The Bertz CT molecular complexity index is 1400. The largest absolute Gasteiger partial charge is 0.478 e. The molecule has 0 aliphatic rings. The van der Waals surface area contributed by atoms with Gasteiger partial charge in [-0.15, -0.1) is 0 Å². The van der Waals surface area contributed by atoms with Gasteiger partial charge in [0, 0.05) is 17.3 Å². The highest BCUT2D eigenvalue weighted by Gasteiger charge is 2.36. The number of fused-ring (bicyclic) bond motifs is 1. The van der Waals surface area contributed by atoms with Crippen LogP contribution in [0.3, 0.4) is 0 Å². The third-order valence-corrected chi connectivity index (χ3v) is 4.99. The van der Waals surface area contributed by atoms with E-state index in [1.54, 1.807) is 0 Å². The predicted molar refractivity (Wildman–Crippen MR) is 106 cm³/mol. The molecule has 11 heteroatoms. The molecular weight excluding hydrogens is 454 g/mol. The molecular formula is C21H10ClF4N3O3. The normalized spacial score (nSPS) is 11.7. The molecule has 0 aliphatic heterocycles. The third kappa shape index (κ3) is 3.69. The maximum Gasteiger partial charge on any atom is 0.417 e. The molecule has 2 N–H and O–H groups in total. The van der Waals surface area contributed by atoms with E-state index in [1.165, 1.54) is 24.3 Å². The van der Waals surface area contributed by atoms with Crippen molar-refractivity contribution in [3.05, 3.63) is 81.8 Å². The summed E-state index contributed by atoms with van der Waals surface area (Å²) >= 11 is 5.89. The number of ketones is 1. The molecule has 0 atom stereocenters. The first-order valence-electron chi connectivity index (χ1n) is 8.85. The number of rotatable bonds is 4. The van der Waals surface area contributed by atoms with Gasteiger partial charge in [0.1, 0.15) is 17.0 Å². The number of aromatic carboxylic acids is 1. The molecule has 2 aromatic carbocycles. The molecule has 0 amide bonds. The van der Waals surface area contributed by atoms with Crippen LogP contribution in [0.25, 0.3) is 22.3 Å². The van der Waals surface area contributed by atoms with Crippen LogP contribution >= 0.6 is 11.6 Å². The van der Waals surface area contributed by atoms with Crippen LogP contribution in [0, 0.1) is 5.82 Å². The van der Waals surface area contributed by atoms with Crippen molar-refractivity contribution in [2.75, 3.05) is 0 Å². The molecule has 0 spiro atoms. The molecule has 0 unspecified atom stereocenters. The van der Waals surface area contributed by atoms with E-state index in [1.807, 2.05) is 0 Å². The van der Waals surface area contributed by atoms with Crippen molar-refractivity contribution < 1.29 is 32.3 Å². The first-order valence-corrected chi connectivity index (χ1v) is 9.23. The van der Waals surface area contributed by atoms with E-state index < -0.39 is 34.9 Å². The van der Waals surface area contributed by atoms with Crippen LogP contribution in [0.4, 0.5) is 17.6 Å². The number of carbonyl (C=O) groups is 2. The van der Waals surface area contributed by atoms with E-state index in [9.17, 15) is 27.2 Å². The molecule has 0 aliphatic carbocycles. The number of aromatic amines is 1. The standard InChI is InChI=1S/C21H10ClF4N3O3/c22-13-3-1-2-12(21(24,25)26)16(13)19(30)10-7-15-18(27-8-10)17(29-28-15)11-5-4-9(20(31)32)6-14(11)23/h1-8H,(H,28,29)(H,31,32). The van der Waals surface area contributed by atoms with Crippen LogP contribution in [0.1, 0.15) is 31.8 Å². The van der Waals surface area contributed by atoms with Gasteiger partial charge in [0.2, 0.25) is 0 Å². The number of carboxylic acid groups (broad SMARTS) is 1. The second-order valence-corrected chi connectivity index (χ2v) is 7.09. The number of hydrogen-bond donors (Lipinski definition) is 2. The van der Waals surface area contributed by atoms with E-state index in [-0.39, 0.29) is 38.4 Å². The minimum atomic E-state index is -4.80. The number of carboxylic acids is 1. The summed E-state index contributed by atoms with van der Waals surface area (Å²) in [5, 5.41) is 15.1. The topological polar surface area (TPSA) is 95.9 Å². The maximum absolute atomic E-state index is 14.4. The quantitative estimate of drug-likeness (QED) is 0.313. The van der Waals surface area contributed by atoms with Gasteiger partial charge in [-0.05, 0) is 36.4 Å². The average Bonchev–Trinajstić information content (AvgIpc) is 3.15. The fourth-order valence-electron chi connectivity index (χ4n) is 3.20. The monoisotopic (exact) mass is 463 g/mol. The average molecular weight is 464 g/mol. The lowest BCUT2D eigenvalue weighted by atomic mass is 9.98. The maximum atomic E-state index is 14.4. The number of pyridine rings is 1. The Morgan fingerprint density at radius 3 is 2.47 bits per heavy atom. The lowest BCUT2D eigenvalue weighted by Crippen LogP contribution is -2.14. The highest BCUT2D eigenvalue weighted by Crippen LogP contribution is 2.36. The zero-order valence-corrected chi connectivity index (χ0v) is 16.4. The molecule has 32 heavy (non-hydrogen) atoms. The smallest absolute Gasteiger partial charge is 0.417 e. The summed E-state index contributed by atoms with van der Waals surface area (Å²) in [6.07, 6.45) is -3.76. The number of benzene rings is 2. The number of H-pyrrole nitrogens is 1. The number of halogens is 5. The molecule has 0 saturated carbocycles. The molecule has 6 nitrogen and oxygen atoms in total. The van der Waals surface area contributed by atoms with Crippen LogP contribution in [-0.4, -0.2) is 32.0 Å². The van der Waals surface area contributed by atoms with E-state index in [0.29, 0.717) is 0 Å². The lowest BCUT2D eigenvalue weighted by molar-refractivity contribution is -0.137. The summed E-state index contributed by atoms with van der Waals surface area (Å²) in [7, 11) is 0. The SMILES string of the molecule is O=C(O)c1ccc(-c2n[nH]c3cc(C(=O)c4c(Cl)cccc4C(F)(F)F)cnc23)c(F)c1. The van der Waals surface area contributed by atoms with E-state index in [0.717, 1.165) is 24.4 Å². The van der Waals surface area contributed by atoms with Crippen molar-refractivity contribution in [1.82, 2.24) is 15.2 Å². The molecule has 4 rings (SSSR count). The molecule has 0 bridgehead atoms. The van der Waals surface area contributed by atoms with Gasteiger partial charge in [0.15, 0.2) is 5.78 Å². The number of nitrogens with one attached hydrogen (secondary N) is 1. The molecule has 0 saturated heterocycles. The second kappa shape index (κ2) is 7.72. The van der Waals surface area contributed by atoms with E-state index in [2.05, 4.69) is 15.2 Å². The van der Waals surface area contributed by atoms with Crippen molar-refractivity contribution in [2.45, 2.75) is 6.18 Å². The Hall–Kier alpha value is -3.79. The van der Waals surface area contributed by atoms with Gasteiger partial charge in [-0.3, -0.25) is 14.9 Å². The Balaban J connectivity index is 1.78. The lowest BCUT2D eigenvalue weighted by Gasteiger charge is -2.13. The molecule has 0 radical (unpaired) electrons. The molecule has 2 heterocycles. The first kappa shape index (κ1) is 21.4. The van der Waals surface area contributed by atoms with Crippen molar-refractivity contribution in [2.24, 2.45) is 0 Å². The molecule has 2 aromatic heterocycles. The first-order chi connectivity index (χ1) is 15.1. The van der Waals surface area contributed by atoms with Crippen molar-refractivity contribution in [3.63, 3.8) is 0 Å². The Labute approximate surface area is 181 Å². The molecule has 162 valence electrons. The van der Waals surface area contributed by atoms with E-state index in [4.69, 9.17) is 16.7 Å². The van der Waals surface area contributed by atoms with Crippen molar-refractivity contribution in [3.8, 4) is 11.3 Å². The number of nitrogens with zero attached hydrogens (tertiary/aromatic N) is 2. The van der Waals surface area contributed by atoms with Crippen LogP contribution < -0.4 is 0 Å². The van der Waals surface area contributed by atoms with Crippen LogP contribution in [-0.2, 0) is 6.18 Å². The third-order valence-electron chi connectivity index (χ3n) is 4.68. The van der Waals surface area contributed by atoms with Gasteiger partial charge in [-0.2, -0.15) is 18.3 Å². The molecule has 4 aromatic rings. The number of alkyl halides is 3. The molecule has 0 fully saturated rings. The fourth-order valence-corrected chi connectivity index (χ4v) is 3.46. The Kier molecular flexibility index (Phi) is 5.17. The summed E-state index contributed by atoms with van der Waals surface area (Å²) in [6, 6.07) is 7.48. The highest BCUT2D eigenvalue weighted by atomic mass is 35.5. The van der Waals surface area contributed by atoms with Crippen molar-refractivity contribution >= 4 is 34.4 Å². The van der Waals surface area contributed by atoms with E-state index >= 15 is 0 Å². The van der Waals surface area contributed by atoms with Gasteiger partial charge >= 0.3 is 12.1 Å². The van der Waals surface area contributed by atoms with Gasteiger partial charge in [-0.1, -0.05) is 17.7 Å². The van der Waals surface area contributed by atoms with Gasteiger partial charge in [-0.25, -0.2) is 9.18 Å². The Morgan fingerprint density at radius 2 is 1.81 bits per heavy atom. The number of aromatic nitrogens is 3. The summed E-state index contributed by atoms with van der Waals surface area (Å²) in [4.78, 5) is 27.9. The number of carbonyl (C=O) groups excluding carboxylic acids is 1. The van der Waals surface area contributed by atoms with Crippen LogP contribution in [0.2, 0.25) is 5.02 Å². The number of hydrogen-bond acceptors (Lipinski definition) is 4. The van der Waals surface area contributed by atoms with Gasteiger partial charge in [0.25, 0.3) is 0 Å². The second-order valence-electron chi connectivity index (χ2n) is 6.68. The predicted octanol–water partition coefficient (Wildman–Crippen LogP) is 5.37. The summed E-state index contributed by atoms with van der Waals surface area (Å²) in [5.41, 5.74) is -2.04.